The number of nitrogens with one attached hydrogen (secondary N) is 1. The summed E-state index contributed by atoms with van der Waals surface area (Å²) in [7, 11) is 2.16. The molecule has 6 heteroatoms. The summed E-state index contributed by atoms with van der Waals surface area (Å²) in [6.45, 7) is 11.3. The zero-order chi connectivity index (χ0) is 23.1. The van der Waals surface area contributed by atoms with Crippen LogP contribution >= 0.6 is 0 Å². The van der Waals surface area contributed by atoms with Gasteiger partial charge in [-0.15, -0.1) is 0 Å². The third kappa shape index (κ3) is 5.80. The van der Waals surface area contributed by atoms with E-state index in [4.69, 9.17) is 4.99 Å². The van der Waals surface area contributed by atoms with E-state index in [0.29, 0.717) is 5.41 Å². The Hall–Kier alpha value is -2.73. The normalized spacial score (nSPS) is 24.4. The van der Waals surface area contributed by atoms with Crippen LogP contribution in [0.5, 0.6) is 0 Å². The number of benzene rings is 1. The van der Waals surface area contributed by atoms with E-state index in [1.165, 1.54) is 37.8 Å². The van der Waals surface area contributed by atoms with E-state index in [9.17, 15) is 0 Å². The van der Waals surface area contributed by atoms with Crippen molar-refractivity contribution in [1.29, 1.82) is 0 Å². The van der Waals surface area contributed by atoms with Gasteiger partial charge in [0.2, 0.25) is 0 Å². The van der Waals surface area contributed by atoms with Crippen molar-refractivity contribution in [2.45, 2.75) is 45.4 Å². The van der Waals surface area contributed by atoms with Crippen molar-refractivity contribution in [3.8, 4) is 0 Å². The Kier molecular flexibility index (Phi) is 7.76. The van der Waals surface area contributed by atoms with E-state index in [0.717, 1.165) is 62.0 Å². The molecule has 1 N–H and O–H groups in total. The van der Waals surface area contributed by atoms with Gasteiger partial charge < -0.3 is 15.1 Å². The monoisotopic (exact) mass is 446 g/mol. The summed E-state index contributed by atoms with van der Waals surface area (Å²) in [5.74, 6) is 1.14. The molecule has 6 nitrogen and oxygen atoms in total. The number of hydrogen-bond acceptors (Lipinski definition) is 6. The molecule has 2 fully saturated rings. The van der Waals surface area contributed by atoms with Crippen LogP contribution in [0, 0.1) is 5.41 Å². The number of hydrogen-bond donors (Lipinski definition) is 1. The van der Waals surface area contributed by atoms with E-state index in [-0.39, 0.29) is 0 Å². The van der Waals surface area contributed by atoms with Gasteiger partial charge in [0, 0.05) is 68.7 Å². The highest BCUT2D eigenvalue weighted by Crippen LogP contribution is 2.37. The Balaban J connectivity index is 1.56. The lowest BCUT2D eigenvalue weighted by molar-refractivity contribution is 0.223. The van der Waals surface area contributed by atoms with Crippen LogP contribution in [0.2, 0.25) is 0 Å². The van der Waals surface area contributed by atoms with E-state index in [2.05, 4.69) is 76.1 Å². The van der Waals surface area contributed by atoms with E-state index in [1.54, 1.807) is 12.4 Å². The standard InChI is InChI=1S/C27H38N6/c1-4-5-16-32(3)24-9-7-22(8-10-24)25-18-23(30-15-14-28-2)19-26(31-25)33-17-12-27(21-33)11-6-13-29-20-27/h7-10,14-15,18,29H,2,4-6,11-13,16-17,19-21H2,1,3H3/b15-14-,30-23-. The fourth-order valence-corrected chi connectivity index (χ4v) is 5.12. The molecule has 1 unspecified atom stereocenters. The van der Waals surface area contributed by atoms with Gasteiger partial charge in [0.05, 0.1) is 11.4 Å². The molecule has 1 atom stereocenters. The molecule has 0 aliphatic carbocycles. The number of anilines is 1. The number of unbranched alkanes of at least 4 members (excludes halogenated alkanes) is 1. The lowest BCUT2D eigenvalue weighted by Crippen LogP contribution is -2.43. The maximum Gasteiger partial charge on any atom is 0.111 e. The van der Waals surface area contributed by atoms with E-state index < -0.39 is 0 Å². The van der Waals surface area contributed by atoms with Crippen molar-refractivity contribution in [3.05, 3.63) is 48.3 Å². The van der Waals surface area contributed by atoms with Gasteiger partial charge in [-0.25, -0.2) is 4.99 Å². The number of likely N-dealkylation sites (tertiary alicyclic amines) is 1. The fourth-order valence-electron chi connectivity index (χ4n) is 5.12. The molecule has 33 heavy (non-hydrogen) atoms. The second-order valence-corrected chi connectivity index (χ2v) is 9.61. The topological polar surface area (TPSA) is 55.6 Å². The van der Waals surface area contributed by atoms with Crippen LogP contribution in [-0.2, 0) is 0 Å². The third-order valence-electron chi connectivity index (χ3n) is 7.12. The number of aliphatic imine (C=N–C) groups is 3. The Morgan fingerprint density at radius 2 is 2.09 bits per heavy atom. The SMILES string of the molecule is C=N/C=C\N=C1\C=C(c2ccc(N(C)CCCC)cc2)N=C(N2CCC3(CCCNC3)C2)C1. The van der Waals surface area contributed by atoms with E-state index in [1.807, 2.05) is 0 Å². The second-order valence-electron chi connectivity index (χ2n) is 9.61. The third-order valence-corrected chi connectivity index (χ3v) is 7.12. The molecule has 0 aromatic heterocycles. The summed E-state index contributed by atoms with van der Waals surface area (Å²) in [5, 5.41) is 3.61. The Labute approximate surface area is 198 Å². The van der Waals surface area contributed by atoms with Gasteiger partial charge in [0.25, 0.3) is 0 Å². The highest BCUT2D eigenvalue weighted by atomic mass is 15.2. The van der Waals surface area contributed by atoms with Gasteiger partial charge in [-0.2, -0.15) is 0 Å². The average Bonchev–Trinajstić information content (AvgIpc) is 3.26. The van der Waals surface area contributed by atoms with Gasteiger partial charge in [0.15, 0.2) is 0 Å². The molecule has 4 rings (SSSR count). The number of rotatable bonds is 7. The van der Waals surface area contributed by atoms with Crippen molar-refractivity contribution in [1.82, 2.24) is 10.2 Å². The molecular formula is C27H38N6. The Morgan fingerprint density at radius 3 is 2.82 bits per heavy atom. The molecular weight excluding hydrogens is 408 g/mol. The molecule has 1 aromatic rings. The van der Waals surface area contributed by atoms with Crippen LogP contribution in [-0.4, -0.2) is 62.9 Å². The predicted molar refractivity (Wildman–Crippen MR) is 141 cm³/mol. The first-order valence-electron chi connectivity index (χ1n) is 12.4. The molecule has 0 bridgehead atoms. The van der Waals surface area contributed by atoms with Gasteiger partial charge in [0.1, 0.15) is 5.84 Å². The van der Waals surface area contributed by atoms with Crippen LogP contribution in [0.15, 0.2) is 57.7 Å². The summed E-state index contributed by atoms with van der Waals surface area (Å²) in [6.07, 6.45) is 12.5. The molecule has 0 saturated carbocycles. The predicted octanol–water partition coefficient (Wildman–Crippen LogP) is 4.75. The number of piperidine rings is 1. The van der Waals surface area contributed by atoms with Crippen molar-refractivity contribution < 1.29 is 0 Å². The smallest absolute Gasteiger partial charge is 0.111 e. The minimum Gasteiger partial charge on any atom is -0.375 e. The zero-order valence-corrected chi connectivity index (χ0v) is 20.3. The zero-order valence-electron chi connectivity index (χ0n) is 20.3. The van der Waals surface area contributed by atoms with Crippen molar-refractivity contribution >= 4 is 29.6 Å². The average molecular weight is 447 g/mol. The first kappa shape index (κ1) is 23.4. The maximum absolute atomic E-state index is 5.14. The first-order chi connectivity index (χ1) is 16.1. The molecule has 1 spiro atoms. The molecule has 3 aliphatic rings. The fraction of sp³-hybridized carbons (Fsp3) is 0.519. The van der Waals surface area contributed by atoms with Crippen LogP contribution in [0.25, 0.3) is 5.70 Å². The van der Waals surface area contributed by atoms with E-state index >= 15 is 0 Å². The van der Waals surface area contributed by atoms with Crippen LogP contribution in [0.4, 0.5) is 5.69 Å². The first-order valence-corrected chi connectivity index (χ1v) is 12.4. The summed E-state index contributed by atoms with van der Waals surface area (Å²) in [4.78, 5) is 18.4. The molecule has 0 amide bonds. The van der Waals surface area contributed by atoms with Gasteiger partial charge in [-0.1, -0.05) is 25.5 Å². The Morgan fingerprint density at radius 1 is 1.24 bits per heavy atom. The van der Waals surface area contributed by atoms with Crippen LogP contribution < -0.4 is 10.2 Å². The minimum absolute atomic E-state index is 0.400. The lowest BCUT2D eigenvalue weighted by atomic mass is 9.80. The maximum atomic E-state index is 5.14. The molecule has 0 radical (unpaired) electrons. The summed E-state index contributed by atoms with van der Waals surface area (Å²) in [5.41, 5.74) is 4.78. The summed E-state index contributed by atoms with van der Waals surface area (Å²) < 4.78 is 0. The molecule has 3 heterocycles. The number of nitrogens with zero attached hydrogens (tertiary/aromatic N) is 5. The van der Waals surface area contributed by atoms with Crippen LogP contribution in [0.3, 0.4) is 0 Å². The largest absolute Gasteiger partial charge is 0.375 e. The quantitative estimate of drug-likeness (QED) is 0.615. The molecule has 176 valence electrons. The molecule has 3 aliphatic heterocycles. The Bertz CT molecular complexity index is 934. The van der Waals surface area contributed by atoms with Crippen molar-refractivity contribution in [2.24, 2.45) is 20.4 Å². The van der Waals surface area contributed by atoms with Gasteiger partial charge in [-0.3, -0.25) is 9.98 Å². The minimum atomic E-state index is 0.400. The summed E-state index contributed by atoms with van der Waals surface area (Å²) >= 11 is 0. The highest BCUT2D eigenvalue weighted by molar-refractivity contribution is 6.16. The summed E-state index contributed by atoms with van der Waals surface area (Å²) in [6, 6.07) is 8.77. The lowest BCUT2D eigenvalue weighted by Gasteiger charge is -2.34. The van der Waals surface area contributed by atoms with Crippen molar-refractivity contribution in [3.63, 3.8) is 0 Å². The number of allylic oxidation sites excluding steroid dienone is 1. The molecule has 1 aromatic carbocycles. The molecule has 2 saturated heterocycles. The van der Waals surface area contributed by atoms with Gasteiger partial charge in [-0.05, 0) is 57.2 Å². The van der Waals surface area contributed by atoms with Crippen molar-refractivity contribution in [2.75, 3.05) is 44.7 Å². The second kappa shape index (κ2) is 10.9. The number of amidine groups is 1. The highest BCUT2D eigenvalue weighted by Gasteiger charge is 2.40. The van der Waals surface area contributed by atoms with Crippen LogP contribution in [0.1, 0.15) is 51.0 Å². The van der Waals surface area contributed by atoms with Gasteiger partial charge >= 0.3 is 0 Å².